The molecule has 0 fully saturated rings. The van der Waals surface area contributed by atoms with Gasteiger partial charge >= 0.3 is 0 Å². The number of rotatable bonds is 0. The first-order chi connectivity index (χ1) is 5.33. The quantitative estimate of drug-likeness (QED) is 0.560. The second-order valence-electron chi connectivity index (χ2n) is 1.57. The van der Waals surface area contributed by atoms with E-state index >= 15 is 0 Å². The third-order valence-corrected chi connectivity index (χ3v) is 1.76. The summed E-state index contributed by atoms with van der Waals surface area (Å²) in [6.07, 6.45) is 0. The fourth-order valence-electron chi connectivity index (χ4n) is 0.546. The van der Waals surface area contributed by atoms with E-state index in [1.165, 1.54) is 0 Å². The summed E-state index contributed by atoms with van der Waals surface area (Å²) in [6.45, 7) is 0. The van der Waals surface area contributed by atoms with Crippen LogP contribution >= 0.6 is 11.5 Å². The number of hydrogen-bond acceptors (Lipinski definition) is 5. The topological polar surface area (TPSA) is 84.3 Å². The van der Waals surface area contributed by atoms with Crippen LogP contribution < -0.4 is 0 Å². The lowest BCUT2D eigenvalue weighted by Crippen LogP contribution is -1.79. The Morgan fingerprint density at radius 3 is 2.27 bits per heavy atom. The first-order valence-electron chi connectivity index (χ1n) is 2.53. The molecule has 0 radical (unpaired) electrons. The van der Waals surface area contributed by atoms with Gasteiger partial charge in [0.05, 0.1) is 0 Å². The summed E-state index contributed by atoms with van der Waals surface area (Å²) in [5, 5.41) is 25.3. The van der Waals surface area contributed by atoms with Crippen molar-refractivity contribution in [3.8, 4) is 18.2 Å². The van der Waals surface area contributed by atoms with Crippen molar-refractivity contribution < 1.29 is 0 Å². The molecule has 0 saturated heterocycles. The molecule has 4 nitrogen and oxygen atoms in total. The van der Waals surface area contributed by atoms with Gasteiger partial charge in [-0.2, -0.15) is 20.2 Å². The second-order valence-corrected chi connectivity index (χ2v) is 2.34. The Labute approximate surface area is 66.7 Å². The lowest BCUT2D eigenvalue weighted by molar-refractivity contribution is 1.37. The summed E-state index contributed by atoms with van der Waals surface area (Å²) in [6, 6.07) is 5.26. The Hall–Kier alpha value is -1.90. The monoisotopic (exact) mass is 160 g/mol. The molecule has 0 spiro atoms. The molecule has 0 aliphatic carbocycles. The molecule has 5 heteroatoms. The molecule has 1 aromatic heterocycles. The predicted octanol–water partition coefficient (Wildman–Crippen LogP) is 0.758. The molecule has 0 unspecified atom stereocenters. The zero-order valence-electron chi connectivity index (χ0n) is 5.20. The van der Waals surface area contributed by atoms with Crippen LogP contribution in [0, 0.1) is 34.0 Å². The molecule has 0 aromatic carbocycles. The van der Waals surface area contributed by atoms with Crippen molar-refractivity contribution in [3.63, 3.8) is 0 Å². The lowest BCUT2D eigenvalue weighted by atomic mass is 10.2. The average Bonchev–Trinajstić information content (AvgIpc) is 2.45. The minimum atomic E-state index is 0.0362. The van der Waals surface area contributed by atoms with Gasteiger partial charge < -0.3 is 0 Å². The molecule has 0 atom stereocenters. The SMILES string of the molecule is N#Cc1nsc(C#N)c1C#N. The van der Waals surface area contributed by atoms with Gasteiger partial charge in [0.15, 0.2) is 5.69 Å². The van der Waals surface area contributed by atoms with Gasteiger partial charge in [-0.25, -0.2) is 0 Å². The highest BCUT2D eigenvalue weighted by molar-refractivity contribution is 7.06. The van der Waals surface area contributed by atoms with E-state index in [0.717, 1.165) is 11.5 Å². The van der Waals surface area contributed by atoms with Crippen LogP contribution in [0.25, 0.3) is 0 Å². The highest BCUT2D eigenvalue weighted by atomic mass is 32.1. The zero-order valence-corrected chi connectivity index (χ0v) is 6.01. The van der Waals surface area contributed by atoms with E-state index < -0.39 is 0 Å². The summed E-state index contributed by atoms with van der Waals surface area (Å²) in [4.78, 5) is 0.198. The maximum absolute atomic E-state index is 8.46. The van der Waals surface area contributed by atoms with Gasteiger partial charge in [-0.3, -0.25) is 0 Å². The molecule has 50 valence electrons. The van der Waals surface area contributed by atoms with E-state index in [4.69, 9.17) is 15.8 Å². The molecular formula is C6N4S. The third kappa shape index (κ3) is 1.03. The van der Waals surface area contributed by atoms with E-state index in [0.29, 0.717) is 0 Å². The summed E-state index contributed by atoms with van der Waals surface area (Å²) in [5.41, 5.74) is 0.119. The standard InChI is InChI=1S/C6N4S/c7-1-4-5(2-8)10-11-6(4)3-9. The Bertz CT molecular complexity index is 366. The molecule has 0 N–H and O–H groups in total. The fraction of sp³-hybridized carbons (Fsp3) is 0. The maximum Gasteiger partial charge on any atom is 0.173 e. The summed E-state index contributed by atoms with van der Waals surface area (Å²) in [5.74, 6) is 0. The zero-order chi connectivity index (χ0) is 8.27. The van der Waals surface area contributed by atoms with E-state index in [1.54, 1.807) is 18.2 Å². The summed E-state index contributed by atoms with van der Waals surface area (Å²) in [7, 11) is 0. The number of nitrogens with zero attached hydrogens (tertiary/aromatic N) is 4. The molecule has 0 amide bonds. The van der Waals surface area contributed by atoms with Crippen LogP contribution in [0.1, 0.15) is 16.1 Å². The van der Waals surface area contributed by atoms with Crippen LogP contribution in [0.5, 0.6) is 0 Å². The largest absolute Gasteiger partial charge is 0.192 e. The fourth-order valence-corrected chi connectivity index (χ4v) is 1.14. The molecule has 1 heterocycles. The van der Waals surface area contributed by atoms with Gasteiger partial charge in [0.25, 0.3) is 0 Å². The minimum Gasteiger partial charge on any atom is -0.192 e. The Morgan fingerprint density at radius 2 is 1.82 bits per heavy atom. The lowest BCUT2D eigenvalue weighted by Gasteiger charge is -1.76. The van der Waals surface area contributed by atoms with Crippen LogP contribution in [0.2, 0.25) is 0 Å². The van der Waals surface area contributed by atoms with E-state index in [2.05, 4.69) is 4.37 Å². The number of nitriles is 3. The van der Waals surface area contributed by atoms with Crippen LogP contribution in [0.4, 0.5) is 0 Å². The van der Waals surface area contributed by atoms with Gasteiger partial charge in [0.2, 0.25) is 0 Å². The van der Waals surface area contributed by atoms with Crippen molar-refractivity contribution >= 4 is 11.5 Å². The first kappa shape index (κ1) is 7.21. The van der Waals surface area contributed by atoms with Gasteiger partial charge in [0.1, 0.15) is 28.6 Å². The normalized spacial score (nSPS) is 7.73. The molecule has 1 rings (SSSR count). The molecule has 0 bridgehead atoms. The van der Waals surface area contributed by atoms with Crippen LogP contribution in [0.15, 0.2) is 0 Å². The van der Waals surface area contributed by atoms with Crippen molar-refractivity contribution in [1.82, 2.24) is 4.37 Å². The number of aromatic nitrogens is 1. The van der Waals surface area contributed by atoms with Crippen LogP contribution in [0.3, 0.4) is 0 Å². The number of hydrogen-bond donors (Lipinski definition) is 0. The van der Waals surface area contributed by atoms with Crippen molar-refractivity contribution in [1.29, 1.82) is 15.8 Å². The van der Waals surface area contributed by atoms with Gasteiger partial charge in [-0.05, 0) is 11.5 Å². The van der Waals surface area contributed by atoms with Crippen molar-refractivity contribution in [2.45, 2.75) is 0 Å². The van der Waals surface area contributed by atoms with Gasteiger partial charge in [0, 0.05) is 0 Å². The Kier molecular flexibility index (Phi) is 1.83. The molecule has 0 aliphatic rings. The molecule has 0 aliphatic heterocycles. The maximum atomic E-state index is 8.46. The molecule has 11 heavy (non-hydrogen) atoms. The van der Waals surface area contributed by atoms with E-state index in [1.807, 2.05) is 0 Å². The van der Waals surface area contributed by atoms with Gasteiger partial charge in [-0.1, -0.05) is 0 Å². The minimum absolute atomic E-state index is 0.0362. The van der Waals surface area contributed by atoms with Gasteiger partial charge in [-0.15, -0.1) is 0 Å². The van der Waals surface area contributed by atoms with Crippen LogP contribution in [-0.4, -0.2) is 4.37 Å². The van der Waals surface area contributed by atoms with E-state index in [9.17, 15) is 0 Å². The Morgan fingerprint density at radius 1 is 1.09 bits per heavy atom. The van der Waals surface area contributed by atoms with Crippen molar-refractivity contribution in [2.24, 2.45) is 0 Å². The highest BCUT2D eigenvalue weighted by Crippen LogP contribution is 2.15. The van der Waals surface area contributed by atoms with Crippen molar-refractivity contribution in [3.05, 3.63) is 16.1 Å². The molecular weight excluding hydrogens is 160 g/mol. The predicted molar refractivity (Wildman–Crippen MR) is 36.3 cm³/mol. The Balaban J connectivity index is 3.41. The average molecular weight is 160 g/mol. The highest BCUT2D eigenvalue weighted by Gasteiger charge is 2.11. The third-order valence-electron chi connectivity index (χ3n) is 1.01. The summed E-state index contributed by atoms with van der Waals surface area (Å²) >= 11 is 0.869. The van der Waals surface area contributed by atoms with Crippen LogP contribution in [-0.2, 0) is 0 Å². The molecule has 1 aromatic rings. The first-order valence-corrected chi connectivity index (χ1v) is 3.30. The summed E-state index contributed by atoms with van der Waals surface area (Å²) < 4.78 is 3.61. The van der Waals surface area contributed by atoms with Crippen molar-refractivity contribution in [2.75, 3.05) is 0 Å². The van der Waals surface area contributed by atoms with E-state index in [-0.39, 0.29) is 16.1 Å². The second kappa shape index (κ2) is 2.79. The smallest absolute Gasteiger partial charge is 0.173 e. The molecule has 0 saturated carbocycles.